The van der Waals surface area contributed by atoms with E-state index in [9.17, 15) is 5.26 Å². The highest BCUT2D eigenvalue weighted by Gasteiger charge is 2.22. The molecule has 0 saturated carbocycles. The van der Waals surface area contributed by atoms with Gasteiger partial charge in [0.05, 0.1) is 11.1 Å². The molecule has 2 aromatic carbocycles. The monoisotopic (exact) mass is 329 g/mol. The summed E-state index contributed by atoms with van der Waals surface area (Å²) in [6.45, 7) is 3.39. The van der Waals surface area contributed by atoms with Gasteiger partial charge < -0.3 is 9.47 Å². The molecule has 0 spiro atoms. The molecule has 0 amide bonds. The highest BCUT2D eigenvalue weighted by atomic mass is 15.1. The van der Waals surface area contributed by atoms with E-state index in [4.69, 9.17) is 0 Å². The second-order valence-corrected chi connectivity index (χ2v) is 6.89. The summed E-state index contributed by atoms with van der Waals surface area (Å²) in [6, 6.07) is 21.7. The normalized spacial score (nSPS) is 16.1. The number of piperidine rings is 1. The van der Waals surface area contributed by atoms with Gasteiger partial charge in [0.1, 0.15) is 6.07 Å². The van der Waals surface area contributed by atoms with E-state index in [0.29, 0.717) is 6.04 Å². The fourth-order valence-electron chi connectivity index (χ4n) is 3.97. The van der Waals surface area contributed by atoms with E-state index in [-0.39, 0.29) is 0 Å². The molecule has 1 aliphatic heterocycles. The van der Waals surface area contributed by atoms with E-state index in [0.717, 1.165) is 50.0 Å². The lowest BCUT2D eigenvalue weighted by molar-refractivity contribution is 0.190. The summed E-state index contributed by atoms with van der Waals surface area (Å²) in [4.78, 5) is 2.57. The van der Waals surface area contributed by atoms with Crippen molar-refractivity contribution in [1.82, 2.24) is 9.47 Å². The summed E-state index contributed by atoms with van der Waals surface area (Å²) in [5, 5.41) is 10.6. The van der Waals surface area contributed by atoms with Crippen LogP contribution in [0.4, 0.5) is 0 Å². The number of nitriles is 1. The predicted molar refractivity (Wildman–Crippen MR) is 102 cm³/mol. The van der Waals surface area contributed by atoms with E-state index >= 15 is 0 Å². The number of hydrogen-bond donors (Lipinski definition) is 0. The molecular formula is C22H23N3. The average Bonchev–Trinajstić information content (AvgIpc) is 3.12. The molecule has 1 saturated heterocycles. The molecule has 0 radical (unpaired) electrons. The first-order valence-electron chi connectivity index (χ1n) is 9.11. The van der Waals surface area contributed by atoms with Crippen LogP contribution in [-0.4, -0.2) is 29.1 Å². The van der Waals surface area contributed by atoms with E-state index in [1.807, 2.05) is 12.1 Å². The summed E-state index contributed by atoms with van der Waals surface area (Å²) in [5.74, 6) is 0. The van der Waals surface area contributed by atoms with Crippen LogP contribution < -0.4 is 0 Å². The molecule has 1 fully saturated rings. The molecule has 0 atom stereocenters. The zero-order valence-corrected chi connectivity index (χ0v) is 14.4. The molecule has 4 rings (SSSR count). The van der Waals surface area contributed by atoms with Crippen LogP contribution in [0.2, 0.25) is 0 Å². The van der Waals surface area contributed by atoms with Crippen LogP contribution in [0.1, 0.15) is 30.0 Å². The molecular weight excluding hydrogens is 306 g/mol. The Labute approximate surface area is 149 Å². The fraction of sp³-hybridized carbons (Fsp3) is 0.318. The fourth-order valence-corrected chi connectivity index (χ4v) is 3.97. The van der Waals surface area contributed by atoms with Gasteiger partial charge in [0, 0.05) is 37.3 Å². The molecule has 3 aromatic rings. The third-order valence-corrected chi connectivity index (χ3v) is 5.37. The molecule has 0 unspecified atom stereocenters. The highest BCUT2D eigenvalue weighted by molar-refractivity contribution is 5.85. The van der Waals surface area contributed by atoms with Gasteiger partial charge in [-0.1, -0.05) is 42.5 Å². The van der Waals surface area contributed by atoms with Crippen LogP contribution in [-0.2, 0) is 6.42 Å². The summed E-state index contributed by atoms with van der Waals surface area (Å²) in [5.41, 5.74) is 3.31. The first-order valence-corrected chi connectivity index (χ1v) is 9.11. The zero-order valence-electron chi connectivity index (χ0n) is 14.4. The maximum atomic E-state index is 9.43. The van der Waals surface area contributed by atoms with Gasteiger partial charge in [0.25, 0.3) is 0 Å². The molecule has 3 heteroatoms. The van der Waals surface area contributed by atoms with Gasteiger partial charge in [-0.15, -0.1) is 0 Å². The van der Waals surface area contributed by atoms with Gasteiger partial charge >= 0.3 is 0 Å². The molecule has 0 bridgehead atoms. The summed E-state index contributed by atoms with van der Waals surface area (Å²) >= 11 is 0. The zero-order chi connectivity index (χ0) is 17.1. The molecule has 0 aliphatic carbocycles. The molecule has 126 valence electrons. The van der Waals surface area contributed by atoms with E-state index in [1.165, 1.54) is 10.9 Å². The Hall–Kier alpha value is -2.57. The summed E-state index contributed by atoms with van der Waals surface area (Å²) < 4.78 is 2.34. The second kappa shape index (κ2) is 7.13. The van der Waals surface area contributed by atoms with Crippen molar-refractivity contribution in [2.75, 3.05) is 19.6 Å². The van der Waals surface area contributed by atoms with Crippen molar-refractivity contribution in [3.8, 4) is 6.07 Å². The molecule has 3 nitrogen and oxygen atoms in total. The van der Waals surface area contributed by atoms with Gasteiger partial charge in [-0.05, 0) is 37.0 Å². The number of benzene rings is 2. The maximum Gasteiger partial charge on any atom is 0.101 e. The van der Waals surface area contributed by atoms with Crippen molar-refractivity contribution in [2.24, 2.45) is 0 Å². The third-order valence-electron chi connectivity index (χ3n) is 5.37. The Balaban J connectivity index is 1.42. The van der Waals surface area contributed by atoms with Crippen LogP contribution in [0.3, 0.4) is 0 Å². The molecule has 25 heavy (non-hydrogen) atoms. The molecule has 0 N–H and O–H groups in total. The minimum atomic E-state index is 0.500. The van der Waals surface area contributed by atoms with Crippen LogP contribution in [0.15, 0.2) is 60.8 Å². The third kappa shape index (κ3) is 3.31. The van der Waals surface area contributed by atoms with E-state index in [1.54, 1.807) is 0 Å². The van der Waals surface area contributed by atoms with Crippen molar-refractivity contribution in [2.45, 2.75) is 25.3 Å². The smallest absolute Gasteiger partial charge is 0.101 e. The van der Waals surface area contributed by atoms with Gasteiger partial charge in [0.15, 0.2) is 0 Å². The van der Waals surface area contributed by atoms with Crippen LogP contribution in [0, 0.1) is 11.3 Å². The molecule has 1 aromatic heterocycles. The lowest BCUT2D eigenvalue weighted by Crippen LogP contribution is -2.35. The largest absolute Gasteiger partial charge is 0.343 e. The number of likely N-dealkylation sites (tertiary alicyclic amines) is 1. The van der Waals surface area contributed by atoms with Crippen molar-refractivity contribution < 1.29 is 0 Å². The van der Waals surface area contributed by atoms with Gasteiger partial charge in [-0.2, -0.15) is 5.26 Å². The minimum Gasteiger partial charge on any atom is -0.343 e. The Morgan fingerprint density at radius 1 is 0.960 bits per heavy atom. The van der Waals surface area contributed by atoms with Gasteiger partial charge in [0.2, 0.25) is 0 Å². The van der Waals surface area contributed by atoms with Crippen molar-refractivity contribution >= 4 is 10.9 Å². The van der Waals surface area contributed by atoms with Crippen molar-refractivity contribution in [1.29, 1.82) is 5.26 Å². The first-order chi connectivity index (χ1) is 12.3. The first kappa shape index (κ1) is 15.9. The minimum absolute atomic E-state index is 0.500. The topological polar surface area (TPSA) is 32.0 Å². The van der Waals surface area contributed by atoms with Gasteiger partial charge in [-0.3, -0.25) is 0 Å². The van der Waals surface area contributed by atoms with Crippen LogP contribution >= 0.6 is 0 Å². The quantitative estimate of drug-likeness (QED) is 0.711. The number of rotatable bonds is 4. The van der Waals surface area contributed by atoms with E-state index < -0.39 is 0 Å². The lowest BCUT2D eigenvalue weighted by atomic mass is 10.0. The lowest BCUT2D eigenvalue weighted by Gasteiger charge is -2.33. The number of hydrogen-bond acceptors (Lipinski definition) is 2. The van der Waals surface area contributed by atoms with Crippen molar-refractivity contribution in [3.63, 3.8) is 0 Å². The van der Waals surface area contributed by atoms with Gasteiger partial charge in [-0.25, -0.2) is 0 Å². The molecule has 2 heterocycles. The van der Waals surface area contributed by atoms with E-state index in [2.05, 4.69) is 64.2 Å². The number of para-hydroxylation sites is 1. The number of fused-ring (bicyclic) bond motifs is 1. The number of nitrogens with zero attached hydrogens (tertiary/aromatic N) is 3. The van der Waals surface area contributed by atoms with Crippen LogP contribution in [0.5, 0.6) is 0 Å². The maximum absolute atomic E-state index is 9.43. The highest BCUT2D eigenvalue weighted by Crippen LogP contribution is 2.29. The number of aromatic nitrogens is 1. The summed E-state index contributed by atoms with van der Waals surface area (Å²) in [6.07, 6.45) is 5.59. The molecule has 1 aliphatic rings. The SMILES string of the molecule is N#Cc1cccc2ccn(C3CCN(CCc4ccccc4)CC3)c12. The average molecular weight is 329 g/mol. The standard InChI is InChI=1S/C22H23N3/c23-17-20-8-4-7-19-10-16-25(22(19)20)21-11-14-24(15-12-21)13-9-18-5-2-1-3-6-18/h1-8,10,16,21H,9,11-15H2. The second-order valence-electron chi connectivity index (χ2n) is 6.89. The Bertz CT molecular complexity index is 881. The predicted octanol–water partition coefficient (Wildman–Crippen LogP) is 4.39. The summed E-state index contributed by atoms with van der Waals surface area (Å²) in [7, 11) is 0. The Morgan fingerprint density at radius 3 is 2.52 bits per heavy atom. The van der Waals surface area contributed by atoms with Crippen LogP contribution in [0.25, 0.3) is 10.9 Å². The Morgan fingerprint density at radius 2 is 1.76 bits per heavy atom. The van der Waals surface area contributed by atoms with Crippen molar-refractivity contribution in [3.05, 3.63) is 71.9 Å². The Kier molecular flexibility index (Phi) is 4.54.